The number of likely N-dealkylation sites (tertiary alicyclic amines) is 1. The number of rotatable bonds is 11. The minimum atomic E-state index is -0.920. The van der Waals surface area contributed by atoms with Crippen LogP contribution in [0.25, 0.3) is 32.8 Å². The fourth-order valence-electron chi connectivity index (χ4n) is 7.82. The van der Waals surface area contributed by atoms with Gasteiger partial charge in [0.05, 0.1) is 46.7 Å². The number of aliphatic hydroxyl groups is 1. The van der Waals surface area contributed by atoms with Crippen molar-refractivity contribution in [2.24, 2.45) is 5.41 Å². The highest BCUT2D eigenvalue weighted by Crippen LogP contribution is 2.32. The number of hydrogen-bond donors (Lipinski definition) is 4. The van der Waals surface area contributed by atoms with Crippen LogP contribution in [0, 0.1) is 18.2 Å². The van der Waals surface area contributed by atoms with E-state index < -0.39 is 35.3 Å². The summed E-state index contributed by atoms with van der Waals surface area (Å²) < 4.78 is 13.9. The number of nitrogens with zero attached hydrogens (tertiary/aromatic N) is 6. The van der Waals surface area contributed by atoms with E-state index in [1.54, 1.807) is 23.6 Å². The highest BCUT2D eigenvalue weighted by molar-refractivity contribution is 7.13. The molecule has 2 fully saturated rings. The van der Waals surface area contributed by atoms with Gasteiger partial charge in [0.1, 0.15) is 23.7 Å². The third-order valence-electron chi connectivity index (χ3n) is 11.3. The first-order valence-electron chi connectivity index (χ1n) is 20.1. The molecular weight excluding hydrogens is 784 g/mol. The summed E-state index contributed by atoms with van der Waals surface area (Å²) in [6.07, 6.45) is 0.859. The molecule has 2 aliphatic heterocycles. The Bertz CT molecular complexity index is 2330. The standard InChI is InChI=1S/C45H51FN8O5S/c1-27(29-6-8-31(9-7-29)41-28(2)47-26-60-41)49-43(58)38-22-35(55)24-54(38)44(59)42(45(3,4)5)50-40(57)25-52-16-18-53(19-17-52)34-13-10-30(11-14-34)32-20-37(51-48-23-32)36-21-33(46)12-15-39(36)56/h6-15,20-21,23,26-27,35,38,42,55-56H,16-19,22,24-25H2,1-5H3,(H,49,58)(H,50,57)/t27-,35+,38-,42+/m0/s1. The monoisotopic (exact) mass is 834 g/mol. The van der Waals surface area contributed by atoms with Crippen LogP contribution in [0.5, 0.6) is 5.75 Å². The van der Waals surface area contributed by atoms with E-state index in [2.05, 4.69) is 35.6 Å². The van der Waals surface area contributed by atoms with E-state index in [1.807, 2.05) is 88.7 Å². The van der Waals surface area contributed by atoms with Gasteiger partial charge in [0.25, 0.3) is 0 Å². The molecule has 0 spiro atoms. The molecule has 15 heteroatoms. The summed E-state index contributed by atoms with van der Waals surface area (Å²) in [6.45, 7) is 12.2. The van der Waals surface area contributed by atoms with Crippen molar-refractivity contribution in [1.82, 2.24) is 35.6 Å². The highest BCUT2D eigenvalue weighted by Gasteiger charge is 2.45. The predicted octanol–water partition coefficient (Wildman–Crippen LogP) is 5.58. The SMILES string of the molecule is Cc1ncsc1-c1ccc([C@H](C)NC(=O)[C@@H]2C[C@@H](O)CN2C(=O)[C@@H](NC(=O)CN2CCN(c3ccc(-c4cnnc(-c5cc(F)ccc5O)c4)cc3)CC2)C(C)(C)C)cc1. The molecule has 7 rings (SSSR count). The summed E-state index contributed by atoms with van der Waals surface area (Å²) in [5, 5.41) is 35.1. The smallest absolute Gasteiger partial charge is 0.246 e. The second-order valence-corrected chi connectivity index (χ2v) is 17.5. The average molecular weight is 835 g/mol. The third-order valence-corrected chi connectivity index (χ3v) is 12.2. The highest BCUT2D eigenvalue weighted by atomic mass is 32.1. The minimum Gasteiger partial charge on any atom is -0.507 e. The van der Waals surface area contributed by atoms with Gasteiger partial charge in [0.2, 0.25) is 17.7 Å². The summed E-state index contributed by atoms with van der Waals surface area (Å²) >= 11 is 1.58. The number of anilines is 1. The van der Waals surface area contributed by atoms with Gasteiger partial charge in [-0.15, -0.1) is 11.3 Å². The topological polar surface area (TPSA) is 164 Å². The maximum Gasteiger partial charge on any atom is 0.246 e. The lowest BCUT2D eigenvalue weighted by molar-refractivity contribution is -0.144. The molecule has 2 aliphatic rings. The number of carbonyl (C=O) groups is 3. The number of β-amino-alcohol motifs (C(OH)–C–C–N with tert-alkyl or cyclic N) is 1. The van der Waals surface area contributed by atoms with Gasteiger partial charge in [-0.25, -0.2) is 9.37 Å². The number of phenols is 1. The molecule has 0 aliphatic carbocycles. The zero-order chi connectivity index (χ0) is 42.7. The first-order chi connectivity index (χ1) is 28.6. The number of carbonyl (C=O) groups excluding carboxylic acids is 3. The van der Waals surface area contributed by atoms with Gasteiger partial charge >= 0.3 is 0 Å². The van der Waals surface area contributed by atoms with E-state index >= 15 is 0 Å². The van der Waals surface area contributed by atoms with Crippen LogP contribution >= 0.6 is 11.3 Å². The van der Waals surface area contributed by atoms with Crippen LogP contribution < -0.4 is 15.5 Å². The number of phenolic OH excluding ortho intramolecular Hbond substituents is 1. The fraction of sp³-hybridized carbons (Fsp3) is 0.378. The number of nitrogens with one attached hydrogen (secondary N) is 2. The Morgan fingerprint density at radius 3 is 2.30 bits per heavy atom. The van der Waals surface area contributed by atoms with Gasteiger partial charge in [-0.3, -0.25) is 19.3 Å². The average Bonchev–Trinajstić information content (AvgIpc) is 3.85. The molecule has 0 unspecified atom stereocenters. The summed E-state index contributed by atoms with van der Waals surface area (Å²) in [6, 6.07) is 19.3. The van der Waals surface area contributed by atoms with E-state index in [1.165, 1.54) is 23.1 Å². The molecule has 2 saturated heterocycles. The van der Waals surface area contributed by atoms with Crippen LogP contribution in [0.2, 0.25) is 0 Å². The molecule has 4 N–H and O–H groups in total. The Balaban J connectivity index is 0.926. The number of aromatic hydroxyl groups is 1. The number of aliphatic hydroxyl groups excluding tert-OH is 1. The normalized spacial score (nSPS) is 18.2. The lowest BCUT2D eigenvalue weighted by atomic mass is 9.85. The van der Waals surface area contributed by atoms with Crippen molar-refractivity contribution in [3.05, 3.63) is 102 Å². The van der Waals surface area contributed by atoms with Crippen molar-refractivity contribution in [3.63, 3.8) is 0 Å². The summed E-state index contributed by atoms with van der Waals surface area (Å²) in [5.74, 6) is -1.60. The second-order valence-electron chi connectivity index (χ2n) is 16.7. The lowest BCUT2D eigenvalue weighted by Gasteiger charge is -2.37. The minimum absolute atomic E-state index is 0.000460. The maximum atomic E-state index is 14.2. The van der Waals surface area contributed by atoms with E-state index in [9.17, 15) is 29.0 Å². The number of aromatic nitrogens is 3. The number of halogens is 1. The van der Waals surface area contributed by atoms with Crippen molar-refractivity contribution in [1.29, 1.82) is 0 Å². The maximum absolute atomic E-state index is 14.2. The molecule has 2 aromatic heterocycles. The largest absolute Gasteiger partial charge is 0.507 e. The fourth-order valence-corrected chi connectivity index (χ4v) is 8.64. The van der Waals surface area contributed by atoms with E-state index in [4.69, 9.17) is 0 Å². The van der Waals surface area contributed by atoms with E-state index in [0.29, 0.717) is 31.9 Å². The van der Waals surface area contributed by atoms with E-state index in [-0.39, 0.29) is 48.7 Å². The van der Waals surface area contributed by atoms with Crippen LogP contribution in [-0.2, 0) is 14.4 Å². The molecule has 314 valence electrons. The zero-order valence-electron chi connectivity index (χ0n) is 34.4. The Kier molecular flexibility index (Phi) is 12.6. The molecule has 0 saturated carbocycles. The first kappa shape index (κ1) is 42.4. The van der Waals surface area contributed by atoms with Gasteiger partial charge in [-0.2, -0.15) is 10.2 Å². The van der Waals surface area contributed by atoms with Crippen molar-refractivity contribution < 1.29 is 29.0 Å². The summed E-state index contributed by atoms with van der Waals surface area (Å²) in [7, 11) is 0. The Morgan fingerprint density at radius 1 is 0.933 bits per heavy atom. The number of piperazine rings is 1. The summed E-state index contributed by atoms with van der Waals surface area (Å²) in [4.78, 5) is 52.6. The van der Waals surface area contributed by atoms with Gasteiger partial charge in [-0.1, -0.05) is 57.2 Å². The van der Waals surface area contributed by atoms with Gasteiger partial charge < -0.3 is 30.6 Å². The summed E-state index contributed by atoms with van der Waals surface area (Å²) in [5.41, 5.74) is 7.37. The van der Waals surface area contributed by atoms with Gasteiger partial charge in [-0.05, 0) is 72.4 Å². The quantitative estimate of drug-likeness (QED) is 0.132. The number of benzene rings is 3. The molecule has 13 nitrogen and oxygen atoms in total. The molecule has 5 aromatic rings. The van der Waals surface area contributed by atoms with Crippen molar-refractivity contribution in [2.75, 3.05) is 44.2 Å². The molecule has 0 bridgehead atoms. The van der Waals surface area contributed by atoms with Crippen molar-refractivity contribution >= 4 is 34.7 Å². The number of hydrogen-bond acceptors (Lipinski definition) is 11. The van der Waals surface area contributed by atoms with Crippen LogP contribution in [0.3, 0.4) is 0 Å². The molecule has 3 aromatic carbocycles. The van der Waals surface area contributed by atoms with E-state index in [0.717, 1.165) is 38.5 Å². The molecule has 60 heavy (non-hydrogen) atoms. The third kappa shape index (κ3) is 9.64. The Hall–Kier alpha value is -5.77. The van der Waals surface area contributed by atoms with Gasteiger partial charge in [0.15, 0.2) is 0 Å². The van der Waals surface area contributed by atoms with Crippen molar-refractivity contribution in [2.45, 2.75) is 65.3 Å². The molecule has 0 radical (unpaired) electrons. The van der Waals surface area contributed by atoms with Crippen LogP contribution in [0.15, 0.2) is 84.5 Å². The van der Waals surface area contributed by atoms with Crippen LogP contribution in [0.4, 0.5) is 10.1 Å². The van der Waals surface area contributed by atoms with Crippen molar-refractivity contribution in [3.8, 4) is 38.6 Å². The number of aryl methyl sites for hydroxylation is 1. The van der Waals surface area contributed by atoms with Crippen LogP contribution in [-0.4, -0.2) is 110 Å². The number of amides is 3. The Morgan fingerprint density at radius 2 is 1.63 bits per heavy atom. The molecule has 3 amide bonds. The van der Waals surface area contributed by atoms with Gasteiger partial charge in [0, 0.05) is 56.0 Å². The predicted molar refractivity (Wildman–Crippen MR) is 230 cm³/mol. The number of thiazole rings is 1. The first-order valence-corrected chi connectivity index (χ1v) is 21.0. The Labute approximate surface area is 353 Å². The zero-order valence-corrected chi connectivity index (χ0v) is 35.2. The lowest BCUT2D eigenvalue weighted by Crippen LogP contribution is -2.59. The van der Waals surface area contributed by atoms with Crippen LogP contribution in [0.1, 0.15) is 51.4 Å². The molecule has 4 atom stereocenters. The second kappa shape index (κ2) is 17.8. The molecule has 4 heterocycles. The molecular formula is C45H51FN8O5S.